The molecule has 4 N–H and O–H groups in total. The Hall–Kier alpha value is -4.54. The van der Waals surface area contributed by atoms with Gasteiger partial charge in [-0.1, -0.05) is 103 Å². The Bertz CT molecular complexity index is 3620. The SMILES string of the molecule is CC1(C)O[C@@H]1[C@H](O)C[C@]1(C)CCc2c[nH]c3c(Cc4cc(C5CCCCC5)cc(C5CCOCC5)c4)cn(c23)C[C@@H]2C3=C1C(=O)C[C@]3(C)[C@@]1(C)CC[C@H]3[C@@]4(C)C(=O)[C@H]5c6c(c[nH]c6[C@H]6CC[C@@]5(C6)[C@@]3(C)[C@H]1[C@@H]2O)Cc1cccc(c1)C[C@@H]1CCC[C@@H]14. The van der Waals surface area contributed by atoms with Gasteiger partial charge < -0.3 is 34.2 Å². The molecular formula is C77H97N3O6. The lowest BCUT2D eigenvalue weighted by Gasteiger charge is -2.76. The predicted octanol–water partition coefficient (Wildman–Crippen LogP) is 15.2. The number of aliphatic hydroxyl groups is 2. The second kappa shape index (κ2) is 19.0. The van der Waals surface area contributed by atoms with Crippen molar-refractivity contribution in [3.63, 3.8) is 0 Å². The van der Waals surface area contributed by atoms with Crippen LogP contribution in [0.3, 0.4) is 0 Å². The molecule has 9 aliphatic carbocycles. The Balaban J connectivity index is 0.853. The molecule has 86 heavy (non-hydrogen) atoms. The lowest BCUT2D eigenvalue weighted by Crippen LogP contribution is -2.75. The number of aromatic amines is 2. The third-order valence-electron chi connectivity index (χ3n) is 28.9. The summed E-state index contributed by atoms with van der Waals surface area (Å²) in [5.41, 5.74) is 14.6. The number of fused-ring (bicyclic) bond motifs is 12. The number of hydrogen-bond acceptors (Lipinski definition) is 6. The molecule has 9 heteroatoms. The Kier molecular flexibility index (Phi) is 12.3. The number of hydrogen-bond donors (Lipinski definition) is 4. The van der Waals surface area contributed by atoms with Gasteiger partial charge in [-0.05, 0) is 235 Å². The number of nitrogens with zero attached hydrogens (tertiary/aromatic N) is 1. The van der Waals surface area contributed by atoms with Crippen molar-refractivity contribution in [1.29, 1.82) is 0 Å². The van der Waals surface area contributed by atoms with Gasteiger partial charge in [-0.25, -0.2) is 0 Å². The van der Waals surface area contributed by atoms with E-state index in [9.17, 15) is 5.11 Å². The number of H-pyrrole nitrogens is 2. The van der Waals surface area contributed by atoms with Gasteiger partial charge in [0.15, 0.2) is 5.78 Å². The van der Waals surface area contributed by atoms with Crippen molar-refractivity contribution in [2.45, 2.75) is 244 Å². The van der Waals surface area contributed by atoms with Crippen LogP contribution in [-0.4, -0.2) is 73.4 Å². The maximum atomic E-state index is 17.1. The van der Waals surface area contributed by atoms with E-state index in [0.717, 1.165) is 109 Å². The van der Waals surface area contributed by atoms with Crippen molar-refractivity contribution in [2.24, 2.45) is 62.1 Å². The van der Waals surface area contributed by atoms with E-state index in [-0.39, 0.29) is 46.9 Å². The molecule has 16 atom stereocenters. The van der Waals surface area contributed by atoms with Gasteiger partial charge in [0.05, 0.1) is 34.8 Å². The zero-order valence-corrected chi connectivity index (χ0v) is 52.9. The van der Waals surface area contributed by atoms with Crippen LogP contribution in [-0.2, 0) is 51.3 Å². The van der Waals surface area contributed by atoms with Crippen molar-refractivity contribution in [2.75, 3.05) is 13.2 Å². The maximum absolute atomic E-state index is 17.1. The molecule has 3 aromatic heterocycles. The second-order valence-electron chi connectivity index (χ2n) is 33.1. The van der Waals surface area contributed by atoms with E-state index in [2.05, 4.69) is 124 Å². The summed E-state index contributed by atoms with van der Waals surface area (Å²) in [6, 6.07) is 17.1. The first-order chi connectivity index (χ1) is 41.3. The first kappa shape index (κ1) is 55.5. The number of carbonyl (C=O) groups excluding carboxylic acids is 2. The highest BCUT2D eigenvalue weighted by atomic mass is 16.6. The molecule has 456 valence electrons. The third kappa shape index (κ3) is 7.50. The van der Waals surface area contributed by atoms with E-state index >= 15 is 14.7 Å². The summed E-state index contributed by atoms with van der Waals surface area (Å²) in [6.45, 7) is 18.9. The molecule has 5 aromatic rings. The van der Waals surface area contributed by atoms with Gasteiger partial charge in [0.2, 0.25) is 0 Å². The van der Waals surface area contributed by atoms with Crippen LogP contribution >= 0.6 is 0 Å². The van der Waals surface area contributed by atoms with Crippen LogP contribution in [0.25, 0.3) is 11.0 Å². The van der Waals surface area contributed by atoms with E-state index in [1.165, 1.54) is 104 Å². The summed E-state index contributed by atoms with van der Waals surface area (Å²) in [6.07, 6.45) is 26.9. The van der Waals surface area contributed by atoms with Gasteiger partial charge in [-0.3, -0.25) is 9.59 Å². The van der Waals surface area contributed by atoms with E-state index in [4.69, 9.17) is 9.47 Å². The van der Waals surface area contributed by atoms with Crippen LogP contribution < -0.4 is 0 Å². The molecule has 0 unspecified atom stereocenters. The minimum atomic E-state index is -0.787. The molecule has 8 fully saturated rings. The summed E-state index contributed by atoms with van der Waals surface area (Å²) in [5.74, 6) is 2.12. The fourth-order valence-corrected chi connectivity index (χ4v) is 24.9. The number of ketones is 2. The number of carbonyl (C=O) groups is 2. The summed E-state index contributed by atoms with van der Waals surface area (Å²) in [4.78, 5) is 41.1. The fraction of sp³-hybridized carbons (Fsp3) is 0.662. The second-order valence-corrected chi connectivity index (χ2v) is 33.1. The quantitative estimate of drug-likeness (QED) is 0.120. The molecule has 9 nitrogen and oxygen atoms in total. The lowest BCUT2D eigenvalue weighted by molar-refractivity contribution is -0.272. The summed E-state index contributed by atoms with van der Waals surface area (Å²) in [5, 5.41) is 27.4. The number of epoxide rings is 1. The van der Waals surface area contributed by atoms with Gasteiger partial charge in [-0.2, -0.15) is 0 Å². The number of allylic oxidation sites excluding steroid dienone is 1. The number of ether oxygens (including phenoxy) is 2. The maximum Gasteiger partial charge on any atom is 0.160 e. The van der Waals surface area contributed by atoms with Crippen molar-refractivity contribution in [3.05, 3.63) is 128 Å². The van der Waals surface area contributed by atoms with E-state index in [1.807, 2.05) is 0 Å². The predicted molar refractivity (Wildman–Crippen MR) is 336 cm³/mol. The average molecular weight is 1160 g/mol. The van der Waals surface area contributed by atoms with E-state index in [1.54, 1.807) is 0 Å². The summed E-state index contributed by atoms with van der Waals surface area (Å²) < 4.78 is 14.7. The zero-order chi connectivity index (χ0) is 58.8. The van der Waals surface area contributed by atoms with Crippen molar-refractivity contribution in [1.82, 2.24) is 14.5 Å². The number of rotatable bonds is 7. The Morgan fingerprint density at radius 1 is 0.791 bits per heavy atom. The van der Waals surface area contributed by atoms with Crippen LogP contribution in [0, 0.1) is 62.1 Å². The fourth-order valence-electron chi connectivity index (χ4n) is 24.9. The molecule has 3 aliphatic heterocycles. The van der Waals surface area contributed by atoms with Crippen LogP contribution in [0.4, 0.5) is 0 Å². The van der Waals surface area contributed by atoms with Gasteiger partial charge >= 0.3 is 0 Å². The molecule has 6 bridgehead atoms. The molecule has 2 saturated heterocycles. The molecular weight excluding hydrogens is 1060 g/mol. The third-order valence-corrected chi connectivity index (χ3v) is 28.9. The smallest absolute Gasteiger partial charge is 0.160 e. The zero-order valence-electron chi connectivity index (χ0n) is 52.9. The lowest BCUT2D eigenvalue weighted by atomic mass is 9.27. The van der Waals surface area contributed by atoms with Crippen LogP contribution in [0.1, 0.15) is 243 Å². The molecule has 17 rings (SSSR count). The summed E-state index contributed by atoms with van der Waals surface area (Å²) in [7, 11) is 0. The molecule has 12 aliphatic rings. The van der Waals surface area contributed by atoms with Crippen LogP contribution in [0.2, 0.25) is 0 Å². The molecule has 2 aromatic carbocycles. The van der Waals surface area contributed by atoms with Crippen LogP contribution in [0.5, 0.6) is 0 Å². The monoisotopic (exact) mass is 1160 g/mol. The average Bonchev–Trinajstić information content (AvgIpc) is 1.12. The molecule has 1 spiro atoms. The highest BCUT2D eigenvalue weighted by molar-refractivity contribution is 6.02. The molecule has 6 saturated carbocycles. The Morgan fingerprint density at radius 2 is 1.55 bits per heavy atom. The molecule has 6 heterocycles. The number of nitrogens with one attached hydrogen (secondary N) is 2. The topological polar surface area (TPSA) is 133 Å². The van der Waals surface area contributed by atoms with Crippen molar-refractivity contribution >= 4 is 22.6 Å². The van der Waals surface area contributed by atoms with E-state index < -0.39 is 44.9 Å². The van der Waals surface area contributed by atoms with Crippen molar-refractivity contribution in [3.8, 4) is 0 Å². The van der Waals surface area contributed by atoms with Gasteiger partial charge in [0.1, 0.15) is 11.9 Å². The minimum absolute atomic E-state index is 0.0816. The van der Waals surface area contributed by atoms with Gasteiger partial charge in [0, 0.05) is 79.2 Å². The number of aryl methyl sites for hydroxylation is 1. The normalized spacial score (nSPS) is 40.8. The first-order valence-corrected chi connectivity index (χ1v) is 34.8. The Morgan fingerprint density at radius 3 is 2.33 bits per heavy atom. The number of Topliss-reactive ketones (excluding diaryl/α,β-unsaturated/α-hetero) is 2. The first-order valence-electron chi connectivity index (χ1n) is 34.8. The van der Waals surface area contributed by atoms with Gasteiger partial charge in [0.25, 0.3) is 0 Å². The highest BCUT2D eigenvalue weighted by Crippen LogP contribution is 2.85. The standard InChI is InChI=1S/C77H97N3O6/c1-71(2)70(86-71)58(82)37-72(3)24-19-50-39-79-65-54(34-45-32-51(46-15-9-8-10-16-46)35-52(33-45)47-22-27-85-28-23-47)41-80(66(50)65)42-55-61-62(72)57(81)38-74(61,5)73(4)25-21-59-75(6)56-18-12-17-48(56)30-43-13-11-14-44(29-43)31-53-40-78-64-49-20-26-77(36-49,63(60(53)64)69(75)84)76(59,7)68(73)67(55)83/h11,13-14,29,32-33,35,39-41,46-49,55-56,58-59,63,67-68,70,78-79,82-83H,8-10,12,15-28,30-31,34,36-38,42H2,1-7H3/t48-,49-,55+,56-,58+,59-,63+,67+,68-,70+,72-,73-,74-,75-,76+,77-/m0/s1. The summed E-state index contributed by atoms with van der Waals surface area (Å²) >= 11 is 0. The Labute approximate surface area is 511 Å². The van der Waals surface area contributed by atoms with Gasteiger partial charge in [-0.15, -0.1) is 0 Å². The largest absolute Gasteiger partial charge is 0.392 e. The number of aromatic nitrogens is 3. The number of benzene rings is 2. The van der Waals surface area contributed by atoms with E-state index in [0.29, 0.717) is 55.3 Å². The minimum Gasteiger partial charge on any atom is -0.392 e. The van der Waals surface area contributed by atoms with Crippen LogP contribution in [0.15, 0.2) is 72.2 Å². The molecule has 0 amide bonds. The number of aliphatic hydroxyl groups excluding tert-OH is 2. The van der Waals surface area contributed by atoms with Crippen molar-refractivity contribution < 1.29 is 29.3 Å². The highest BCUT2D eigenvalue weighted by Gasteiger charge is 2.81. The molecule has 0 radical (unpaired) electrons.